The molecule has 0 amide bonds. The predicted molar refractivity (Wildman–Crippen MR) is 115 cm³/mol. The van der Waals surface area contributed by atoms with Gasteiger partial charge in [-0.05, 0) is 54.0 Å². The smallest absolute Gasteiger partial charge is 0.478 e. The molecule has 9 heteroatoms. The van der Waals surface area contributed by atoms with Crippen molar-refractivity contribution in [3.63, 3.8) is 0 Å². The van der Waals surface area contributed by atoms with Gasteiger partial charge in [0.15, 0.2) is 0 Å². The Balaban J connectivity index is 1.83. The van der Waals surface area contributed by atoms with Gasteiger partial charge in [0, 0.05) is 12.6 Å². The molecule has 166 valence electrons. The summed E-state index contributed by atoms with van der Waals surface area (Å²) in [6, 6.07) is 14.5. The van der Waals surface area contributed by atoms with Gasteiger partial charge in [-0.2, -0.15) is 0 Å². The van der Waals surface area contributed by atoms with E-state index in [2.05, 4.69) is 4.74 Å². The first-order valence-electron chi connectivity index (χ1n) is 9.38. The molecule has 0 aliphatic heterocycles. The SMILES string of the molecule is O=C(O)c1ccc(CCn2c(C=Cc3cccc(OC(F)(F)F)c3)c(Cl)ccc2=O)cc1. The number of nitrogens with zero attached hydrogens (tertiary/aromatic N) is 1. The second-order valence-corrected chi connectivity index (χ2v) is 7.17. The van der Waals surface area contributed by atoms with Gasteiger partial charge in [-0.25, -0.2) is 4.79 Å². The van der Waals surface area contributed by atoms with Crippen molar-refractivity contribution in [3.05, 3.63) is 98.4 Å². The number of aromatic nitrogens is 1. The van der Waals surface area contributed by atoms with Gasteiger partial charge >= 0.3 is 12.3 Å². The van der Waals surface area contributed by atoms with E-state index in [4.69, 9.17) is 16.7 Å². The molecule has 2 aromatic carbocycles. The largest absolute Gasteiger partial charge is 0.573 e. The highest BCUT2D eigenvalue weighted by molar-refractivity contribution is 6.32. The summed E-state index contributed by atoms with van der Waals surface area (Å²) >= 11 is 6.27. The molecule has 5 nitrogen and oxygen atoms in total. The lowest BCUT2D eigenvalue weighted by Gasteiger charge is -2.12. The summed E-state index contributed by atoms with van der Waals surface area (Å²) in [5.41, 5.74) is 1.51. The summed E-state index contributed by atoms with van der Waals surface area (Å²) in [4.78, 5) is 23.4. The van der Waals surface area contributed by atoms with Gasteiger partial charge in [0.25, 0.3) is 5.56 Å². The van der Waals surface area contributed by atoms with Crippen LogP contribution in [0.3, 0.4) is 0 Å². The van der Waals surface area contributed by atoms with Crippen molar-refractivity contribution in [2.75, 3.05) is 0 Å². The Morgan fingerprint density at radius 1 is 1.06 bits per heavy atom. The third-order valence-electron chi connectivity index (χ3n) is 4.52. The van der Waals surface area contributed by atoms with Crippen LogP contribution in [0.25, 0.3) is 12.2 Å². The molecule has 0 aliphatic rings. The van der Waals surface area contributed by atoms with Crippen molar-refractivity contribution < 1.29 is 27.8 Å². The highest BCUT2D eigenvalue weighted by Crippen LogP contribution is 2.24. The summed E-state index contributed by atoms with van der Waals surface area (Å²) in [7, 11) is 0. The molecule has 0 radical (unpaired) electrons. The fourth-order valence-electron chi connectivity index (χ4n) is 3.01. The van der Waals surface area contributed by atoms with Crippen molar-refractivity contribution in [2.24, 2.45) is 0 Å². The molecule has 1 aromatic heterocycles. The number of rotatable bonds is 7. The van der Waals surface area contributed by atoms with E-state index < -0.39 is 12.3 Å². The fourth-order valence-corrected chi connectivity index (χ4v) is 3.24. The molecule has 0 atom stereocenters. The molecule has 3 rings (SSSR count). The number of benzene rings is 2. The molecule has 0 saturated heterocycles. The van der Waals surface area contributed by atoms with Gasteiger partial charge in [0.05, 0.1) is 16.3 Å². The van der Waals surface area contributed by atoms with Crippen LogP contribution in [0.1, 0.15) is 27.2 Å². The van der Waals surface area contributed by atoms with Crippen LogP contribution >= 0.6 is 11.6 Å². The van der Waals surface area contributed by atoms with Crippen molar-refractivity contribution >= 4 is 29.7 Å². The van der Waals surface area contributed by atoms with E-state index >= 15 is 0 Å². The Bertz CT molecular complexity index is 1200. The van der Waals surface area contributed by atoms with Crippen LogP contribution in [0.5, 0.6) is 5.75 Å². The monoisotopic (exact) mass is 463 g/mol. The number of hydrogen-bond acceptors (Lipinski definition) is 3. The van der Waals surface area contributed by atoms with Gasteiger partial charge < -0.3 is 14.4 Å². The number of halogens is 4. The molecule has 0 spiro atoms. The van der Waals surface area contributed by atoms with Gasteiger partial charge in [-0.3, -0.25) is 4.79 Å². The molecule has 32 heavy (non-hydrogen) atoms. The Morgan fingerprint density at radius 3 is 2.44 bits per heavy atom. The number of pyridine rings is 1. The maximum Gasteiger partial charge on any atom is 0.573 e. The lowest BCUT2D eigenvalue weighted by atomic mass is 10.1. The van der Waals surface area contributed by atoms with Crippen LogP contribution in [0.15, 0.2) is 65.5 Å². The van der Waals surface area contributed by atoms with Crippen molar-refractivity contribution in [1.29, 1.82) is 0 Å². The fraction of sp³-hybridized carbons (Fsp3) is 0.130. The zero-order valence-electron chi connectivity index (χ0n) is 16.5. The second-order valence-electron chi connectivity index (χ2n) is 6.76. The topological polar surface area (TPSA) is 68.5 Å². The maximum atomic E-state index is 12.4. The average Bonchev–Trinajstić information content (AvgIpc) is 2.73. The lowest BCUT2D eigenvalue weighted by molar-refractivity contribution is -0.274. The second kappa shape index (κ2) is 9.74. The van der Waals surface area contributed by atoms with E-state index in [1.807, 2.05) is 0 Å². The van der Waals surface area contributed by atoms with Gasteiger partial charge in [-0.1, -0.05) is 41.9 Å². The Labute approximate surface area is 186 Å². The zero-order valence-corrected chi connectivity index (χ0v) is 17.2. The van der Waals surface area contributed by atoms with E-state index in [1.54, 1.807) is 24.3 Å². The van der Waals surface area contributed by atoms with E-state index in [9.17, 15) is 22.8 Å². The van der Waals surface area contributed by atoms with Crippen molar-refractivity contribution in [2.45, 2.75) is 19.3 Å². The molecule has 0 fully saturated rings. The number of carboxylic acids is 1. The number of hydrogen-bond donors (Lipinski definition) is 1. The summed E-state index contributed by atoms with van der Waals surface area (Å²) in [6.45, 7) is 0.267. The van der Waals surface area contributed by atoms with E-state index in [-0.39, 0.29) is 23.4 Å². The normalized spacial score (nSPS) is 11.6. The molecule has 1 N–H and O–H groups in total. The summed E-state index contributed by atoms with van der Waals surface area (Å²) in [6.07, 6.45) is -1.28. The Morgan fingerprint density at radius 2 is 1.78 bits per heavy atom. The third kappa shape index (κ3) is 6.24. The van der Waals surface area contributed by atoms with Gasteiger partial charge in [-0.15, -0.1) is 13.2 Å². The third-order valence-corrected chi connectivity index (χ3v) is 4.84. The highest BCUT2D eigenvalue weighted by Gasteiger charge is 2.31. The molecular weight excluding hydrogens is 447 g/mol. The van der Waals surface area contributed by atoms with Crippen LogP contribution in [-0.4, -0.2) is 22.0 Å². The van der Waals surface area contributed by atoms with Crippen molar-refractivity contribution in [1.82, 2.24) is 4.57 Å². The highest BCUT2D eigenvalue weighted by atomic mass is 35.5. The van der Waals surface area contributed by atoms with E-state index in [0.717, 1.165) is 5.56 Å². The van der Waals surface area contributed by atoms with Crippen molar-refractivity contribution in [3.8, 4) is 5.75 Å². The van der Waals surface area contributed by atoms with Crippen LogP contribution in [0.4, 0.5) is 13.2 Å². The number of ether oxygens (including phenoxy) is 1. The minimum atomic E-state index is -4.80. The molecule has 0 saturated carbocycles. The Kier molecular flexibility index (Phi) is 7.05. The van der Waals surface area contributed by atoms with E-state index in [1.165, 1.54) is 53.1 Å². The average molecular weight is 464 g/mol. The quantitative estimate of drug-likeness (QED) is 0.501. The molecular formula is C23H17ClF3NO4. The number of aromatic carboxylic acids is 1. The van der Waals surface area contributed by atoms with Gasteiger partial charge in [0.1, 0.15) is 5.75 Å². The van der Waals surface area contributed by atoms with Gasteiger partial charge in [0.2, 0.25) is 0 Å². The molecule has 1 heterocycles. The number of alkyl halides is 3. The summed E-state index contributed by atoms with van der Waals surface area (Å²) in [5, 5.41) is 9.28. The molecule has 3 aromatic rings. The van der Waals surface area contributed by atoms with Crippen LogP contribution in [-0.2, 0) is 13.0 Å². The number of carboxylic acid groups (broad SMARTS) is 1. The lowest BCUT2D eigenvalue weighted by Crippen LogP contribution is -2.22. The number of carbonyl (C=O) groups is 1. The van der Waals surface area contributed by atoms with E-state index in [0.29, 0.717) is 22.7 Å². The minimum Gasteiger partial charge on any atom is -0.478 e. The number of aryl methyl sites for hydroxylation is 1. The standard InChI is InChI=1S/C23H17ClF3NO4/c24-19-9-11-21(29)28(13-12-15-4-7-17(8-5-15)22(30)31)20(19)10-6-16-2-1-3-18(14-16)32-23(25,26)27/h1-11,14H,12-13H2,(H,30,31). The predicted octanol–water partition coefficient (Wildman–Crippen LogP) is 5.51. The molecule has 0 aliphatic carbocycles. The molecule has 0 bridgehead atoms. The first kappa shape index (κ1) is 23.1. The summed E-state index contributed by atoms with van der Waals surface area (Å²) in [5.74, 6) is -1.39. The van der Waals surface area contributed by atoms with Crippen LogP contribution in [0, 0.1) is 0 Å². The minimum absolute atomic E-state index is 0.161. The zero-order chi connectivity index (χ0) is 23.3. The summed E-state index contributed by atoms with van der Waals surface area (Å²) < 4.78 is 42.7. The Hall–Kier alpha value is -3.52. The first-order valence-corrected chi connectivity index (χ1v) is 9.76. The first-order chi connectivity index (χ1) is 15.1. The van der Waals surface area contributed by atoms with Crippen LogP contribution < -0.4 is 10.3 Å². The maximum absolute atomic E-state index is 12.4. The van der Waals surface area contributed by atoms with Crippen LogP contribution in [0.2, 0.25) is 5.02 Å². The molecule has 0 unspecified atom stereocenters.